The lowest BCUT2D eigenvalue weighted by Gasteiger charge is -2.26. The molecule has 0 unspecified atom stereocenters. The van der Waals surface area contributed by atoms with E-state index in [9.17, 15) is 14.7 Å². The normalized spacial score (nSPS) is 14.6. The summed E-state index contributed by atoms with van der Waals surface area (Å²) in [5.41, 5.74) is 2.21. The van der Waals surface area contributed by atoms with Crippen molar-refractivity contribution in [1.82, 2.24) is 14.7 Å². The smallest absolute Gasteiger partial charge is 0.253 e. The highest BCUT2D eigenvalue weighted by atomic mass is 16.3. The van der Waals surface area contributed by atoms with Crippen LogP contribution in [0.1, 0.15) is 46.6 Å². The van der Waals surface area contributed by atoms with Crippen molar-refractivity contribution in [3.8, 4) is 0 Å². The van der Waals surface area contributed by atoms with Crippen LogP contribution in [0.25, 0.3) is 0 Å². The average molecular weight is 341 g/mol. The van der Waals surface area contributed by atoms with Crippen molar-refractivity contribution in [1.29, 1.82) is 0 Å². The Morgan fingerprint density at radius 3 is 2.68 bits per heavy atom. The van der Waals surface area contributed by atoms with Gasteiger partial charge in [-0.05, 0) is 43.9 Å². The van der Waals surface area contributed by atoms with Crippen molar-refractivity contribution in [2.75, 3.05) is 13.1 Å². The Morgan fingerprint density at radius 2 is 1.96 bits per heavy atom. The topological polar surface area (TPSA) is 75.4 Å². The monoisotopic (exact) mass is 341 g/mol. The SMILES string of the molecule is Cc1cc(=O)c(CO)nn1Cc1cccc(C(=O)N2CCCCC2)c1. The van der Waals surface area contributed by atoms with Gasteiger partial charge >= 0.3 is 0 Å². The van der Waals surface area contributed by atoms with Crippen LogP contribution >= 0.6 is 0 Å². The zero-order valence-electron chi connectivity index (χ0n) is 14.4. The summed E-state index contributed by atoms with van der Waals surface area (Å²) >= 11 is 0. The molecule has 1 fully saturated rings. The summed E-state index contributed by atoms with van der Waals surface area (Å²) in [5.74, 6) is 0.0715. The molecule has 0 spiro atoms. The van der Waals surface area contributed by atoms with Gasteiger partial charge in [-0.3, -0.25) is 14.3 Å². The van der Waals surface area contributed by atoms with E-state index in [2.05, 4.69) is 5.10 Å². The lowest BCUT2D eigenvalue weighted by atomic mass is 10.1. The number of carbonyl (C=O) groups is 1. The van der Waals surface area contributed by atoms with Gasteiger partial charge in [-0.1, -0.05) is 12.1 Å². The molecule has 25 heavy (non-hydrogen) atoms. The van der Waals surface area contributed by atoms with Crippen LogP contribution in [0.3, 0.4) is 0 Å². The fourth-order valence-corrected chi connectivity index (χ4v) is 3.15. The van der Waals surface area contributed by atoms with E-state index in [1.807, 2.05) is 29.2 Å². The number of piperidine rings is 1. The standard InChI is InChI=1S/C19H23N3O3/c1-14-10-18(24)17(13-23)20-22(14)12-15-6-5-7-16(11-15)19(25)21-8-3-2-4-9-21/h5-7,10-11,23H,2-4,8-9,12-13H2,1H3. The molecule has 0 bridgehead atoms. The summed E-state index contributed by atoms with van der Waals surface area (Å²) in [6.45, 7) is 3.51. The van der Waals surface area contributed by atoms with Crippen LogP contribution in [0.5, 0.6) is 0 Å². The van der Waals surface area contributed by atoms with Crippen LogP contribution in [-0.4, -0.2) is 38.8 Å². The van der Waals surface area contributed by atoms with E-state index in [4.69, 9.17) is 0 Å². The zero-order chi connectivity index (χ0) is 17.8. The van der Waals surface area contributed by atoms with Gasteiger partial charge in [-0.2, -0.15) is 5.10 Å². The van der Waals surface area contributed by atoms with Crippen LogP contribution in [0.15, 0.2) is 35.1 Å². The molecule has 2 heterocycles. The Kier molecular flexibility index (Phi) is 5.28. The number of rotatable bonds is 4. The van der Waals surface area contributed by atoms with Crippen LogP contribution in [0.2, 0.25) is 0 Å². The van der Waals surface area contributed by atoms with Gasteiger partial charge in [0.25, 0.3) is 5.91 Å². The number of carbonyl (C=O) groups excluding carboxylic acids is 1. The minimum absolute atomic E-state index is 0.0715. The van der Waals surface area contributed by atoms with E-state index in [-0.39, 0.29) is 23.6 Å². The van der Waals surface area contributed by atoms with Crippen molar-refractivity contribution in [3.63, 3.8) is 0 Å². The molecule has 1 aliphatic rings. The average Bonchev–Trinajstić information content (AvgIpc) is 2.64. The second-order valence-corrected chi connectivity index (χ2v) is 6.47. The van der Waals surface area contributed by atoms with Gasteiger partial charge in [0.05, 0.1) is 13.2 Å². The highest BCUT2D eigenvalue weighted by molar-refractivity contribution is 5.94. The number of hydrogen-bond acceptors (Lipinski definition) is 4. The third-order valence-corrected chi connectivity index (χ3v) is 4.57. The molecular formula is C19H23N3O3. The molecule has 1 saturated heterocycles. The van der Waals surface area contributed by atoms with Gasteiger partial charge < -0.3 is 10.0 Å². The van der Waals surface area contributed by atoms with E-state index >= 15 is 0 Å². The van der Waals surface area contributed by atoms with E-state index in [1.54, 1.807) is 11.6 Å². The molecule has 1 N–H and O–H groups in total. The van der Waals surface area contributed by atoms with Gasteiger partial charge in [0, 0.05) is 30.4 Å². The fourth-order valence-electron chi connectivity index (χ4n) is 3.15. The van der Waals surface area contributed by atoms with Gasteiger partial charge in [0.15, 0.2) is 0 Å². The largest absolute Gasteiger partial charge is 0.390 e. The van der Waals surface area contributed by atoms with E-state index in [0.717, 1.165) is 37.2 Å². The number of hydrogen-bond donors (Lipinski definition) is 1. The van der Waals surface area contributed by atoms with E-state index in [0.29, 0.717) is 12.1 Å². The fraction of sp³-hybridized carbons (Fsp3) is 0.421. The maximum absolute atomic E-state index is 12.6. The molecule has 0 atom stereocenters. The Hall–Kier alpha value is -2.47. The highest BCUT2D eigenvalue weighted by Crippen LogP contribution is 2.15. The first-order valence-electron chi connectivity index (χ1n) is 8.65. The summed E-state index contributed by atoms with van der Waals surface area (Å²) in [4.78, 5) is 26.3. The number of amides is 1. The third-order valence-electron chi connectivity index (χ3n) is 4.57. The number of aliphatic hydroxyl groups excluding tert-OH is 1. The maximum atomic E-state index is 12.6. The van der Waals surface area contributed by atoms with Gasteiger partial charge in [-0.25, -0.2) is 0 Å². The Bertz CT molecular complexity index is 823. The van der Waals surface area contributed by atoms with Crippen LogP contribution in [0, 0.1) is 6.92 Å². The molecule has 0 saturated carbocycles. The molecule has 0 aliphatic carbocycles. The van der Waals surface area contributed by atoms with Crippen molar-refractivity contribution >= 4 is 5.91 Å². The first-order valence-corrected chi connectivity index (χ1v) is 8.65. The van der Waals surface area contributed by atoms with Gasteiger partial charge in [-0.15, -0.1) is 0 Å². The molecule has 132 valence electrons. The Labute approximate surface area is 146 Å². The van der Waals surface area contributed by atoms with Gasteiger partial charge in [0.1, 0.15) is 5.69 Å². The summed E-state index contributed by atoms with van der Waals surface area (Å²) < 4.78 is 1.68. The summed E-state index contributed by atoms with van der Waals surface area (Å²) in [6.07, 6.45) is 3.32. The molecule has 1 aromatic carbocycles. The quantitative estimate of drug-likeness (QED) is 0.919. The predicted molar refractivity (Wildman–Crippen MR) is 94.5 cm³/mol. The molecule has 1 aromatic heterocycles. The molecule has 0 radical (unpaired) electrons. The highest BCUT2D eigenvalue weighted by Gasteiger charge is 2.18. The summed E-state index contributed by atoms with van der Waals surface area (Å²) in [5, 5.41) is 13.4. The third kappa shape index (κ3) is 3.96. The van der Waals surface area contributed by atoms with Crippen molar-refractivity contribution in [2.45, 2.75) is 39.3 Å². The van der Waals surface area contributed by atoms with Crippen molar-refractivity contribution in [2.24, 2.45) is 0 Å². The molecule has 1 aliphatic heterocycles. The van der Waals surface area contributed by atoms with Gasteiger partial charge in [0.2, 0.25) is 5.43 Å². The van der Waals surface area contributed by atoms with E-state index in [1.165, 1.54) is 12.5 Å². The molecule has 2 aromatic rings. The Morgan fingerprint density at radius 1 is 1.20 bits per heavy atom. The number of aliphatic hydroxyl groups is 1. The van der Waals surface area contributed by atoms with Crippen molar-refractivity contribution < 1.29 is 9.90 Å². The predicted octanol–water partition coefficient (Wildman–Crippen LogP) is 1.72. The Balaban J connectivity index is 1.82. The summed E-state index contributed by atoms with van der Waals surface area (Å²) in [6, 6.07) is 9.00. The van der Waals surface area contributed by atoms with Crippen molar-refractivity contribution in [3.05, 3.63) is 63.1 Å². The second kappa shape index (κ2) is 7.61. The minimum Gasteiger partial charge on any atom is -0.390 e. The zero-order valence-corrected chi connectivity index (χ0v) is 14.4. The molecule has 6 nitrogen and oxygen atoms in total. The molecule has 3 rings (SSSR count). The number of benzene rings is 1. The maximum Gasteiger partial charge on any atom is 0.253 e. The number of aromatic nitrogens is 2. The first-order chi connectivity index (χ1) is 12.1. The summed E-state index contributed by atoms with van der Waals surface area (Å²) in [7, 11) is 0. The number of aryl methyl sites for hydroxylation is 1. The van der Waals surface area contributed by atoms with Crippen LogP contribution in [0.4, 0.5) is 0 Å². The van der Waals surface area contributed by atoms with Crippen LogP contribution in [-0.2, 0) is 13.2 Å². The molecule has 6 heteroatoms. The minimum atomic E-state index is -0.382. The first kappa shape index (κ1) is 17.4. The number of nitrogens with zero attached hydrogens (tertiary/aromatic N) is 3. The molecular weight excluding hydrogens is 318 g/mol. The van der Waals surface area contributed by atoms with Crippen LogP contribution < -0.4 is 5.43 Å². The molecule has 1 amide bonds. The lowest BCUT2D eigenvalue weighted by molar-refractivity contribution is 0.0724. The lowest BCUT2D eigenvalue weighted by Crippen LogP contribution is -2.35. The number of likely N-dealkylation sites (tertiary alicyclic amines) is 1. The van der Waals surface area contributed by atoms with E-state index < -0.39 is 0 Å². The second-order valence-electron chi connectivity index (χ2n) is 6.47.